The Morgan fingerprint density at radius 3 is 2.68 bits per heavy atom. The van der Waals surface area contributed by atoms with E-state index in [0.29, 0.717) is 18.2 Å². The van der Waals surface area contributed by atoms with Crippen LogP contribution in [0.15, 0.2) is 27.2 Å². The highest BCUT2D eigenvalue weighted by atomic mass is 16.4. The van der Waals surface area contributed by atoms with Crippen molar-refractivity contribution >= 4 is 0 Å². The molecular formula is C17H26N2O3. The van der Waals surface area contributed by atoms with Crippen molar-refractivity contribution in [2.45, 2.75) is 40.7 Å². The van der Waals surface area contributed by atoms with Gasteiger partial charge in [0.25, 0.3) is 5.89 Å². The molecule has 0 aliphatic carbocycles. The molecule has 2 aromatic heterocycles. The molecule has 0 amide bonds. The van der Waals surface area contributed by atoms with Crippen molar-refractivity contribution in [2.24, 2.45) is 5.41 Å². The summed E-state index contributed by atoms with van der Waals surface area (Å²) in [6, 6.07) is 3.66. The fraction of sp³-hybridized carbons (Fsp3) is 0.588. The van der Waals surface area contributed by atoms with Gasteiger partial charge in [-0.3, -0.25) is 4.90 Å². The van der Waals surface area contributed by atoms with E-state index in [9.17, 15) is 0 Å². The van der Waals surface area contributed by atoms with Crippen molar-refractivity contribution in [1.29, 1.82) is 0 Å². The van der Waals surface area contributed by atoms with Crippen LogP contribution >= 0.6 is 0 Å². The molecule has 0 atom stereocenters. The van der Waals surface area contributed by atoms with Crippen LogP contribution in [0.5, 0.6) is 0 Å². The monoisotopic (exact) mass is 306 g/mol. The fourth-order valence-corrected chi connectivity index (χ4v) is 2.47. The van der Waals surface area contributed by atoms with Gasteiger partial charge in [-0.05, 0) is 30.9 Å². The Bertz CT molecular complexity index is 567. The average Bonchev–Trinajstić information content (AvgIpc) is 3.05. The Balaban J connectivity index is 2.11. The van der Waals surface area contributed by atoms with E-state index in [-0.39, 0.29) is 12.0 Å². The zero-order chi connectivity index (χ0) is 16.2. The predicted octanol–water partition coefficient (Wildman–Crippen LogP) is 3.47. The normalized spacial score (nSPS) is 12.3. The van der Waals surface area contributed by atoms with Gasteiger partial charge in [-0.2, -0.15) is 0 Å². The topological polar surface area (TPSA) is 62.6 Å². The number of aliphatic hydroxyl groups excluding tert-OH is 1. The predicted molar refractivity (Wildman–Crippen MR) is 85.4 cm³/mol. The molecule has 0 saturated heterocycles. The molecule has 22 heavy (non-hydrogen) atoms. The van der Waals surface area contributed by atoms with Crippen LogP contribution < -0.4 is 0 Å². The molecule has 0 aromatic carbocycles. The van der Waals surface area contributed by atoms with E-state index in [1.54, 1.807) is 6.26 Å². The van der Waals surface area contributed by atoms with Crippen molar-refractivity contribution in [1.82, 2.24) is 9.88 Å². The van der Waals surface area contributed by atoms with Crippen molar-refractivity contribution in [3.05, 3.63) is 29.9 Å². The number of aryl methyl sites for hydroxylation is 1. The Morgan fingerprint density at radius 1 is 1.32 bits per heavy atom. The SMILES string of the molecule is Cc1oc(-c2ccco2)nc1CN(CCCO)CC(C)(C)C. The molecular weight excluding hydrogens is 280 g/mol. The molecule has 0 fully saturated rings. The molecule has 0 spiro atoms. The maximum absolute atomic E-state index is 9.09. The van der Waals surface area contributed by atoms with E-state index in [1.807, 2.05) is 19.1 Å². The molecule has 0 unspecified atom stereocenters. The van der Waals surface area contributed by atoms with Gasteiger partial charge in [-0.1, -0.05) is 20.8 Å². The van der Waals surface area contributed by atoms with Crippen LogP contribution in [0.4, 0.5) is 0 Å². The van der Waals surface area contributed by atoms with Crippen molar-refractivity contribution in [2.75, 3.05) is 19.7 Å². The fourth-order valence-electron chi connectivity index (χ4n) is 2.47. The third kappa shape index (κ3) is 4.71. The Hall–Kier alpha value is -1.59. The minimum Gasteiger partial charge on any atom is -0.459 e. The van der Waals surface area contributed by atoms with E-state index >= 15 is 0 Å². The van der Waals surface area contributed by atoms with E-state index in [4.69, 9.17) is 13.9 Å². The summed E-state index contributed by atoms with van der Waals surface area (Å²) in [4.78, 5) is 6.88. The number of rotatable bonds is 7. The second kappa shape index (κ2) is 7.11. The molecule has 0 radical (unpaired) electrons. The molecule has 0 bridgehead atoms. The highest BCUT2D eigenvalue weighted by Gasteiger charge is 2.20. The molecule has 1 N–H and O–H groups in total. The van der Waals surface area contributed by atoms with Gasteiger partial charge < -0.3 is 13.9 Å². The second-order valence-electron chi connectivity index (χ2n) is 6.85. The molecule has 0 aliphatic heterocycles. The number of aliphatic hydroxyl groups is 1. The van der Waals surface area contributed by atoms with Crippen molar-refractivity contribution in [3.8, 4) is 11.7 Å². The molecule has 2 rings (SSSR count). The number of hydrogen-bond acceptors (Lipinski definition) is 5. The van der Waals surface area contributed by atoms with Gasteiger partial charge in [0.15, 0.2) is 5.76 Å². The third-order valence-corrected chi connectivity index (χ3v) is 3.33. The highest BCUT2D eigenvalue weighted by Crippen LogP contribution is 2.24. The lowest BCUT2D eigenvalue weighted by Gasteiger charge is -2.29. The van der Waals surface area contributed by atoms with Gasteiger partial charge in [0.05, 0.1) is 12.0 Å². The van der Waals surface area contributed by atoms with Gasteiger partial charge in [-0.15, -0.1) is 0 Å². The number of nitrogens with zero attached hydrogens (tertiary/aromatic N) is 2. The molecule has 5 nitrogen and oxygen atoms in total. The molecule has 0 aliphatic rings. The lowest BCUT2D eigenvalue weighted by Crippen LogP contribution is -2.33. The van der Waals surface area contributed by atoms with Crippen LogP contribution in [0.2, 0.25) is 0 Å². The highest BCUT2D eigenvalue weighted by molar-refractivity contribution is 5.44. The number of furan rings is 1. The first-order valence-electron chi connectivity index (χ1n) is 7.72. The van der Waals surface area contributed by atoms with E-state index in [0.717, 1.165) is 31.0 Å². The van der Waals surface area contributed by atoms with Crippen molar-refractivity contribution in [3.63, 3.8) is 0 Å². The summed E-state index contributed by atoms with van der Waals surface area (Å²) in [6.07, 6.45) is 2.37. The summed E-state index contributed by atoms with van der Waals surface area (Å²) in [6.45, 7) is 11.3. The standard InChI is InChI=1S/C17H26N2O3/c1-13-14(18-16(22-13)15-7-5-10-21-15)11-19(8-6-9-20)12-17(2,3)4/h5,7,10,20H,6,8-9,11-12H2,1-4H3. The van der Waals surface area contributed by atoms with Gasteiger partial charge in [0.1, 0.15) is 5.76 Å². The van der Waals surface area contributed by atoms with Crippen molar-refractivity contribution < 1.29 is 13.9 Å². The summed E-state index contributed by atoms with van der Waals surface area (Å²) in [5.41, 5.74) is 1.12. The number of hydrogen-bond donors (Lipinski definition) is 1. The Labute approximate surface area is 132 Å². The summed E-state index contributed by atoms with van der Waals surface area (Å²) in [5.74, 6) is 1.98. The quantitative estimate of drug-likeness (QED) is 0.848. The minimum atomic E-state index is 0.191. The van der Waals surface area contributed by atoms with Gasteiger partial charge >= 0.3 is 0 Å². The van der Waals surface area contributed by atoms with E-state index in [1.165, 1.54) is 0 Å². The number of oxazole rings is 1. The zero-order valence-electron chi connectivity index (χ0n) is 13.9. The average molecular weight is 306 g/mol. The second-order valence-corrected chi connectivity index (χ2v) is 6.85. The molecule has 2 aromatic rings. The van der Waals surface area contributed by atoms with Gasteiger partial charge in [0.2, 0.25) is 0 Å². The van der Waals surface area contributed by atoms with E-state index < -0.39 is 0 Å². The first-order chi connectivity index (χ1) is 10.4. The molecule has 5 heteroatoms. The largest absolute Gasteiger partial charge is 0.459 e. The van der Waals surface area contributed by atoms with Crippen LogP contribution in [-0.4, -0.2) is 34.7 Å². The Morgan fingerprint density at radius 2 is 2.09 bits per heavy atom. The van der Waals surface area contributed by atoms with Gasteiger partial charge in [-0.25, -0.2) is 4.98 Å². The lowest BCUT2D eigenvalue weighted by molar-refractivity contribution is 0.164. The van der Waals surface area contributed by atoms with Crippen LogP contribution in [-0.2, 0) is 6.54 Å². The maximum Gasteiger partial charge on any atom is 0.263 e. The molecule has 122 valence electrons. The number of aromatic nitrogens is 1. The van der Waals surface area contributed by atoms with Crippen LogP contribution in [0.3, 0.4) is 0 Å². The first-order valence-corrected chi connectivity index (χ1v) is 7.72. The van der Waals surface area contributed by atoms with Gasteiger partial charge in [0, 0.05) is 26.2 Å². The smallest absolute Gasteiger partial charge is 0.263 e. The molecule has 0 saturated carbocycles. The lowest BCUT2D eigenvalue weighted by atomic mass is 9.96. The minimum absolute atomic E-state index is 0.191. The Kier molecular flexibility index (Phi) is 5.42. The maximum atomic E-state index is 9.09. The van der Waals surface area contributed by atoms with Crippen LogP contribution in [0, 0.1) is 12.3 Å². The van der Waals surface area contributed by atoms with Crippen LogP contribution in [0.1, 0.15) is 38.6 Å². The zero-order valence-corrected chi connectivity index (χ0v) is 13.9. The summed E-state index contributed by atoms with van der Waals surface area (Å²) in [5, 5.41) is 9.09. The molecule has 2 heterocycles. The van der Waals surface area contributed by atoms with Crippen LogP contribution in [0.25, 0.3) is 11.7 Å². The third-order valence-electron chi connectivity index (χ3n) is 3.33. The van der Waals surface area contributed by atoms with E-state index in [2.05, 4.69) is 30.7 Å². The summed E-state index contributed by atoms with van der Waals surface area (Å²) >= 11 is 0. The summed E-state index contributed by atoms with van der Waals surface area (Å²) < 4.78 is 11.0. The first kappa shape index (κ1) is 16.8. The summed E-state index contributed by atoms with van der Waals surface area (Å²) in [7, 11) is 0.